The molecule has 2 nitrogen and oxygen atoms in total. The van der Waals surface area contributed by atoms with E-state index in [9.17, 15) is 4.39 Å². The SMILES string of the molecule is Cc1ccccc1-c1cc(F)cc(Oc2cccnc2)c1. The lowest BCUT2D eigenvalue weighted by Gasteiger charge is -2.10. The molecule has 3 rings (SSSR count). The number of hydrogen-bond donors (Lipinski definition) is 0. The molecule has 0 radical (unpaired) electrons. The molecule has 0 atom stereocenters. The molecule has 3 heteroatoms. The summed E-state index contributed by atoms with van der Waals surface area (Å²) in [6.07, 6.45) is 3.26. The van der Waals surface area contributed by atoms with Gasteiger partial charge in [-0.05, 0) is 47.9 Å². The Morgan fingerprint density at radius 1 is 0.952 bits per heavy atom. The Morgan fingerprint density at radius 3 is 2.57 bits per heavy atom. The van der Waals surface area contributed by atoms with Gasteiger partial charge < -0.3 is 4.74 Å². The van der Waals surface area contributed by atoms with Crippen LogP contribution in [0.25, 0.3) is 11.1 Å². The maximum atomic E-state index is 13.9. The van der Waals surface area contributed by atoms with Crippen molar-refractivity contribution >= 4 is 0 Å². The molecule has 0 amide bonds. The Bertz CT molecular complexity index is 756. The zero-order valence-electron chi connectivity index (χ0n) is 11.6. The van der Waals surface area contributed by atoms with Gasteiger partial charge in [0.1, 0.15) is 17.3 Å². The highest BCUT2D eigenvalue weighted by Crippen LogP contribution is 2.30. The van der Waals surface area contributed by atoms with E-state index in [1.54, 1.807) is 24.5 Å². The minimum absolute atomic E-state index is 0.324. The Balaban J connectivity index is 1.99. The molecule has 21 heavy (non-hydrogen) atoms. The number of benzene rings is 2. The summed E-state index contributed by atoms with van der Waals surface area (Å²) >= 11 is 0. The molecule has 0 aliphatic rings. The summed E-state index contributed by atoms with van der Waals surface area (Å²) in [6, 6.07) is 16.1. The first-order valence-corrected chi connectivity index (χ1v) is 6.67. The van der Waals surface area contributed by atoms with E-state index < -0.39 is 0 Å². The summed E-state index contributed by atoms with van der Waals surface area (Å²) in [5.41, 5.74) is 2.88. The van der Waals surface area contributed by atoms with E-state index in [0.29, 0.717) is 11.5 Å². The monoisotopic (exact) mass is 279 g/mol. The zero-order chi connectivity index (χ0) is 14.7. The van der Waals surface area contributed by atoms with Crippen molar-refractivity contribution in [3.05, 3.63) is 78.4 Å². The van der Waals surface area contributed by atoms with Gasteiger partial charge in [0.2, 0.25) is 0 Å². The summed E-state index contributed by atoms with van der Waals surface area (Å²) in [4.78, 5) is 3.98. The molecule has 0 N–H and O–H groups in total. The Kier molecular flexibility index (Phi) is 3.65. The molecule has 0 fully saturated rings. The lowest BCUT2D eigenvalue weighted by atomic mass is 10.0. The number of pyridine rings is 1. The van der Waals surface area contributed by atoms with Crippen molar-refractivity contribution in [3.63, 3.8) is 0 Å². The summed E-state index contributed by atoms with van der Waals surface area (Å²) < 4.78 is 19.5. The average molecular weight is 279 g/mol. The lowest BCUT2D eigenvalue weighted by molar-refractivity contribution is 0.475. The fourth-order valence-electron chi connectivity index (χ4n) is 2.22. The van der Waals surface area contributed by atoms with E-state index in [-0.39, 0.29) is 5.82 Å². The van der Waals surface area contributed by atoms with Gasteiger partial charge in [0.15, 0.2) is 0 Å². The van der Waals surface area contributed by atoms with Gasteiger partial charge in [-0.25, -0.2) is 4.39 Å². The minimum atomic E-state index is -0.324. The van der Waals surface area contributed by atoms with Crippen LogP contribution in [0.2, 0.25) is 0 Å². The largest absolute Gasteiger partial charge is 0.456 e. The van der Waals surface area contributed by atoms with Crippen LogP contribution in [0.5, 0.6) is 11.5 Å². The van der Waals surface area contributed by atoms with Crippen LogP contribution in [-0.4, -0.2) is 4.98 Å². The van der Waals surface area contributed by atoms with Crippen LogP contribution in [-0.2, 0) is 0 Å². The first kappa shape index (κ1) is 13.3. The quantitative estimate of drug-likeness (QED) is 0.674. The molecule has 1 heterocycles. The summed E-state index contributed by atoms with van der Waals surface area (Å²) in [7, 11) is 0. The Morgan fingerprint density at radius 2 is 1.81 bits per heavy atom. The molecular formula is C18H14FNO. The number of ether oxygens (including phenoxy) is 1. The normalized spacial score (nSPS) is 10.4. The first-order chi connectivity index (χ1) is 10.2. The van der Waals surface area contributed by atoms with Crippen molar-refractivity contribution in [1.29, 1.82) is 0 Å². The fourth-order valence-corrected chi connectivity index (χ4v) is 2.22. The van der Waals surface area contributed by atoms with Crippen molar-refractivity contribution in [2.75, 3.05) is 0 Å². The van der Waals surface area contributed by atoms with E-state index >= 15 is 0 Å². The van der Waals surface area contributed by atoms with Crippen LogP contribution < -0.4 is 4.74 Å². The van der Waals surface area contributed by atoms with Crippen LogP contribution in [0.1, 0.15) is 5.56 Å². The van der Waals surface area contributed by atoms with Gasteiger partial charge in [0, 0.05) is 12.3 Å². The highest BCUT2D eigenvalue weighted by atomic mass is 19.1. The molecule has 0 saturated carbocycles. The molecule has 0 aliphatic heterocycles. The molecule has 0 aliphatic carbocycles. The molecule has 2 aromatic carbocycles. The topological polar surface area (TPSA) is 22.1 Å². The number of rotatable bonds is 3. The van der Waals surface area contributed by atoms with Gasteiger partial charge in [-0.3, -0.25) is 4.98 Å². The molecule has 3 aromatic rings. The fraction of sp³-hybridized carbons (Fsp3) is 0.0556. The van der Waals surface area contributed by atoms with Gasteiger partial charge in [0.05, 0.1) is 6.20 Å². The molecule has 104 valence electrons. The highest BCUT2D eigenvalue weighted by Gasteiger charge is 2.07. The number of aryl methyl sites for hydroxylation is 1. The second kappa shape index (κ2) is 5.75. The second-order valence-electron chi connectivity index (χ2n) is 4.78. The zero-order valence-corrected chi connectivity index (χ0v) is 11.6. The minimum Gasteiger partial charge on any atom is -0.456 e. The Labute approximate surface area is 122 Å². The van der Waals surface area contributed by atoms with Crippen LogP contribution in [0.3, 0.4) is 0 Å². The van der Waals surface area contributed by atoms with Crippen molar-refractivity contribution in [2.45, 2.75) is 6.92 Å². The van der Waals surface area contributed by atoms with Gasteiger partial charge >= 0.3 is 0 Å². The summed E-state index contributed by atoms with van der Waals surface area (Å²) in [5, 5.41) is 0. The third kappa shape index (κ3) is 3.08. The van der Waals surface area contributed by atoms with Crippen LogP contribution in [0.4, 0.5) is 4.39 Å². The molecule has 1 aromatic heterocycles. The van der Waals surface area contributed by atoms with Gasteiger partial charge in [-0.15, -0.1) is 0 Å². The van der Waals surface area contributed by atoms with Gasteiger partial charge in [-0.2, -0.15) is 0 Å². The third-order valence-corrected chi connectivity index (χ3v) is 3.20. The number of halogens is 1. The maximum absolute atomic E-state index is 13.9. The van der Waals surface area contributed by atoms with E-state index in [4.69, 9.17) is 4.74 Å². The molecule has 0 saturated heterocycles. The molecule has 0 bridgehead atoms. The molecular weight excluding hydrogens is 265 g/mol. The molecule has 0 unspecified atom stereocenters. The highest BCUT2D eigenvalue weighted by molar-refractivity contribution is 5.68. The predicted molar refractivity (Wildman–Crippen MR) is 80.9 cm³/mol. The maximum Gasteiger partial charge on any atom is 0.145 e. The van der Waals surface area contributed by atoms with Crippen molar-refractivity contribution in [3.8, 4) is 22.6 Å². The van der Waals surface area contributed by atoms with Crippen LogP contribution in [0, 0.1) is 12.7 Å². The Hall–Kier alpha value is -2.68. The molecule has 0 spiro atoms. The summed E-state index contributed by atoms with van der Waals surface area (Å²) in [6.45, 7) is 2.00. The van der Waals surface area contributed by atoms with E-state index in [0.717, 1.165) is 16.7 Å². The summed E-state index contributed by atoms with van der Waals surface area (Å²) in [5.74, 6) is 0.717. The van der Waals surface area contributed by atoms with E-state index in [1.807, 2.05) is 37.3 Å². The van der Waals surface area contributed by atoms with Crippen LogP contribution in [0.15, 0.2) is 67.0 Å². The number of hydrogen-bond acceptors (Lipinski definition) is 2. The number of nitrogens with zero attached hydrogens (tertiary/aromatic N) is 1. The lowest BCUT2D eigenvalue weighted by Crippen LogP contribution is -1.89. The van der Waals surface area contributed by atoms with Crippen molar-refractivity contribution in [1.82, 2.24) is 4.98 Å². The predicted octanol–water partition coefficient (Wildman–Crippen LogP) is 4.99. The van der Waals surface area contributed by atoms with Crippen molar-refractivity contribution in [2.24, 2.45) is 0 Å². The average Bonchev–Trinajstić information content (AvgIpc) is 2.48. The second-order valence-corrected chi connectivity index (χ2v) is 4.78. The third-order valence-electron chi connectivity index (χ3n) is 3.20. The standard InChI is InChI=1S/C18H14FNO/c1-13-5-2-3-7-18(13)14-9-15(19)11-17(10-14)21-16-6-4-8-20-12-16/h2-12H,1H3. The van der Waals surface area contributed by atoms with Crippen LogP contribution >= 0.6 is 0 Å². The van der Waals surface area contributed by atoms with Crippen molar-refractivity contribution < 1.29 is 9.13 Å². The first-order valence-electron chi connectivity index (χ1n) is 6.67. The van der Waals surface area contributed by atoms with Gasteiger partial charge in [-0.1, -0.05) is 24.3 Å². The van der Waals surface area contributed by atoms with E-state index in [1.165, 1.54) is 12.1 Å². The van der Waals surface area contributed by atoms with E-state index in [2.05, 4.69) is 4.98 Å². The number of aromatic nitrogens is 1. The van der Waals surface area contributed by atoms with Gasteiger partial charge in [0.25, 0.3) is 0 Å². The smallest absolute Gasteiger partial charge is 0.145 e.